The van der Waals surface area contributed by atoms with E-state index in [1.807, 2.05) is 36.6 Å². The molecule has 0 saturated carbocycles. The summed E-state index contributed by atoms with van der Waals surface area (Å²) in [5.41, 5.74) is 1.42. The Balaban J connectivity index is 1.55. The number of carbonyl (C=O) groups excluding carboxylic acids is 1. The Morgan fingerprint density at radius 2 is 2.04 bits per heavy atom. The van der Waals surface area contributed by atoms with Crippen LogP contribution in [0.1, 0.15) is 21.8 Å². The van der Waals surface area contributed by atoms with Crippen LogP contribution < -0.4 is 14.8 Å². The Hall–Kier alpha value is -2.38. The maximum atomic E-state index is 12.6. The van der Waals surface area contributed by atoms with Crippen LogP contribution in [-0.4, -0.2) is 24.1 Å². The molecule has 7 heteroatoms. The van der Waals surface area contributed by atoms with Crippen LogP contribution in [0.2, 0.25) is 0 Å². The van der Waals surface area contributed by atoms with E-state index in [0.29, 0.717) is 35.3 Å². The quantitative estimate of drug-likeness (QED) is 0.730. The van der Waals surface area contributed by atoms with E-state index >= 15 is 0 Å². The number of aryl methyl sites for hydroxylation is 1. The highest BCUT2D eigenvalue weighted by Crippen LogP contribution is 2.34. The summed E-state index contributed by atoms with van der Waals surface area (Å²) in [6, 6.07) is 9.44. The number of carbonyl (C=O) groups is 1. The Bertz CT molecular complexity index is 903. The van der Waals surface area contributed by atoms with Crippen molar-refractivity contribution in [3.8, 4) is 21.4 Å². The number of thiazole rings is 1. The second-order valence-electron chi connectivity index (χ2n) is 5.58. The van der Waals surface area contributed by atoms with Gasteiger partial charge < -0.3 is 14.8 Å². The van der Waals surface area contributed by atoms with Crippen molar-refractivity contribution >= 4 is 34.3 Å². The molecular weight excluding hydrogens is 356 g/mol. The van der Waals surface area contributed by atoms with E-state index in [2.05, 4.69) is 10.3 Å². The lowest BCUT2D eigenvalue weighted by Crippen LogP contribution is -2.11. The Morgan fingerprint density at radius 1 is 1.20 bits per heavy atom. The molecule has 1 aliphatic heterocycles. The molecule has 0 fully saturated rings. The van der Waals surface area contributed by atoms with Crippen molar-refractivity contribution in [1.82, 2.24) is 4.98 Å². The van der Waals surface area contributed by atoms with Gasteiger partial charge in [0.05, 0.1) is 23.8 Å². The van der Waals surface area contributed by atoms with Gasteiger partial charge in [-0.15, -0.1) is 22.7 Å². The number of hydrogen-bond acceptors (Lipinski definition) is 6. The molecule has 4 rings (SSSR count). The van der Waals surface area contributed by atoms with Gasteiger partial charge in [0.15, 0.2) is 11.5 Å². The first kappa shape index (κ1) is 16.1. The fourth-order valence-electron chi connectivity index (χ4n) is 2.54. The van der Waals surface area contributed by atoms with Crippen molar-refractivity contribution in [3.63, 3.8) is 0 Å². The highest BCUT2D eigenvalue weighted by Gasteiger charge is 2.18. The Morgan fingerprint density at radius 3 is 2.84 bits per heavy atom. The summed E-state index contributed by atoms with van der Waals surface area (Å²) < 4.78 is 11.3. The molecule has 1 aromatic carbocycles. The highest BCUT2D eigenvalue weighted by molar-refractivity contribution is 7.22. The van der Waals surface area contributed by atoms with Gasteiger partial charge in [0.25, 0.3) is 5.91 Å². The number of nitrogens with zero attached hydrogens (tertiary/aromatic N) is 1. The molecule has 1 amide bonds. The third-order valence-corrected chi connectivity index (χ3v) is 5.94. The maximum absolute atomic E-state index is 12.6. The molecule has 0 aliphatic carbocycles. The summed E-state index contributed by atoms with van der Waals surface area (Å²) >= 11 is 3.02. The largest absolute Gasteiger partial charge is 0.490 e. The number of rotatable bonds is 3. The van der Waals surface area contributed by atoms with E-state index in [9.17, 15) is 4.79 Å². The zero-order valence-electron chi connectivity index (χ0n) is 13.6. The van der Waals surface area contributed by atoms with Crippen molar-refractivity contribution in [2.75, 3.05) is 18.5 Å². The second kappa shape index (κ2) is 6.85. The molecule has 0 unspecified atom stereocenters. The van der Waals surface area contributed by atoms with Gasteiger partial charge in [-0.2, -0.15) is 0 Å². The molecule has 0 saturated heterocycles. The minimum atomic E-state index is -0.160. The number of fused-ring (bicyclic) bond motifs is 1. The average Bonchev–Trinajstić information content (AvgIpc) is 3.20. The van der Waals surface area contributed by atoms with Gasteiger partial charge >= 0.3 is 0 Å². The van der Waals surface area contributed by atoms with E-state index in [1.165, 1.54) is 11.3 Å². The van der Waals surface area contributed by atoms with Crippen molar-refractivity contribution in [1.29, 1.82) is 0 Å². The molecule has 0 radical (unpaired) electrons. The topological polar surface area (TPSA) is 60.5 Å². The van der Waals surface area contributed by atoms with Gasteiger partial charge in [0.1, 0.15) is 9.88 Å². The monoisotopic (exact) mass is 372 g/mol. The van der Waals surface area contributed by atoms with Gasteiger partial charge in [0.2, 0.25) is 0 Å². The van der Waals surface area contributed by atoms with Crippen LogP contribution in [0.15, 0.2) is 35.7 Å². The van der Waals surface area contributed by atoms with Crippen molar-refractivity contribution < 1.29 is 14.3 Å². The normalized spacial score (nSPS) is 13.3. The molecule has 1 N–H and O–H groups in total. The standard InChI is InChI=1S/C18H16N2O3S2/c1-11-16(25-18(19-11)15-4-2-9-24-15)17(21)20-12-5-6-13-14(10-12)23-8-3-7-22-13/h2,4-6,9-10H,3,7-8H2,1H3,(H,20,21). The van der Waals surface area contributed by atoms with Gasteiger partial charge in [-0.25, -0.2) is 4.98 Å². The van der Waals surface area contributed by atoms with Gasteiger partial charge in [-0.3, -0.25) is 4.79 Å². The number of amides is 1. The predicted octanol–water partition coefficient (Wildman–Crippen LogP) is 4.59. The third-order valence-electron chi connectivity index (χ3n) is 3.74. The lowest BCUT2D eigenvalue weighted by molar-refractivity contribution is 0.103. The van der Waals surface area contributed by atoms with Crippen LogP contribution in [0.25, 0.3) is 9.88 Å². The fourth-order valence-corrected chi connectivity index (χ4v) is 4.30. The van der Waals surface area contributed by atoms with Crippen LogP contribution >= 0.6 is 22.7 Å². The van der Waals surface area contributed by atoms with E-state index in [0.717, 1.165) is 22.0 Å². The number of ether oxygens (including phenoxy) is 2. The molecule has 0 atom stereocenters. The zero-order chi connectivity index (χ0) is 17.2. The van der Waals surface area contributed by atoms with Gasteiger partial charge in [-0.05, 0) is 30.5 Å². The number of aromatic nitrogens is 1. The van der Waals surface area contributed by atoms with Crippen LogP contribution in [0.3, 0.4) is 0 Å². The summed E-state index contributed by atoms with van der Waals surface area (Å²) in [5, 5.41) is 5.80. The summed E-state index contributed by atoms with van der Waals surface area (Å²) in [7, 11) is 0. The molecule has 2 aromatic heterocycles. The summed E-state index contributed by atoms with van der Waals surface area (Å²) in [4.78, 5) is 18.9. The lowest BCUT2D eigenvalue weighted by atomic mass is 10.2. The lowest BCUT2D eigenvalue weighted by Gasteiger charge is -2.10. The van der Waals surface area contributed by atoms with Crippen molar-refractivity contribution in [2.24, 2.45) is 0 Å². The molecule has 5 nitrogen and oxygen atoms in total. The van der Waals surface area contributed by atoms with E-state index in [-0.39, 0.29) is 5.91 Å². The third kappa shape index (κ3) is 3.38. The zero-order valence-corrected chi connectivity index (χ0v) is 15.2. The van der Waals surface area contributed by atoms with Crippen LogP contribution in [0, 0.1) is 6.92 Å². The molecular formula is C18H16N2O3S2. The van der Waals surface area contributed by atoms with E-state index < -0.39 is 0 Å². The fraction of sp³-hybridized carbons (Fsp3) is 0.222. The predicted molar refractivity (Wildman–Crippen MR) is 100 cm³/mol. The Labute approximate surface area is 153 Å². The first-order chi connectivity index (χ1) is 12.2. The van der Waals surface area contributed by atoms with Crippen LogP contribution in [-0.2, 0) is 0 Å². The average molecular weight is 372 g/mol. The molecule has 3 aromatic rings. The first-order valence-corrected chi connectivity index (χ1v) is 9.62. The van der Waals surface area contributed by atoms with Crippen LogP contribution in [0.4, 0.5) is 5.69 Å². The van der Waals surface area contributed by atoms with Crippen molar-refractivity contribution in [3.05, 3.63) is 46.3 Å². The smallest absolute Gasteiger partial charge is 0.267 e. The molecule has 25 heavy (non-hydrogen) atoms. The van der Waals surface area contributed by atoms with Crippen LogP contribution in [0.5, 0.6) is 11.5 Å². The highest BCUT2D eigenvalue weighted by atomic mass is 32.1. The second-order valence-corrected chi connectivity index (χ2v) is 7.52. The molecule has 1 aliphatic rings. The summed E-state index contributed by atoms with van der Waals surface area (Å²) in [6.45, 7) is 3.11. The van der Waals surface area contributed by atoms with E-state index in [4.69, 9.17) is 9.47 Å². The summed E-state index contributed by atoms with van der Waals surface area (Å²) in [5.74, 6) is 1.22. The van der Waals surface area contributed by atoms with Gasteiger partial charge in [-0.1, -0.05) is 6.07 Å². The number of hydrogen-bond donors (Lipinski definition) is 1. The molecule has 3 heterocycles. The SMILES string of the molecule is Cc1nc(-c2cccs2)sc1C(=O)Nc1ccc2c(c1)OCCCO2. The van der Waals surface area contributed by atoms with Gasteiger partial charge in [0, 0.05) is 18.2 Å². The number of nitrogens with one attached hydrogen (secondary N) is 1. The summed E-state index contributed by atoms with van der Waals surface area (Å²) in [6.07, 6.45) is 0.849. The maximum Gasteiger partial charge on any atom is 0.267 e. The Kier molecular flexibility index (Phi) is 4.42. The number of anilines is 1. The molecule has 0 spiro atoms. The van der Waals surface area contributed by atoms with E-state index in [1.54, 1.807) is 17.4 Å². The van der Waals surface area contributed by atoms with Crippen molar-refractivity contribution in [2.45, 2.75) is 13.3 Å². The minimum Gasteiger partial charge on any atom is -0.490 e. The first-order valence-electron chi connectivity index (χ1n) is 7.93. The molecule has 128 valence electrons. The number of thiophene rings is 1. The molecule has 0 bridgehead atoms. The minimum absolute atomic E-state index is 0.160. The number of benzene rings is 1.